The Morgan fingerprint density at radius 2 is 1.92 bits per heavy atom. The summed E-state index contributed by atoms with van der Waals surface area (Å²) < 4.78 is 17.6. The molecule has 0 radical (unpaired) electrons. The maximum Gasteiger partial charge on any atom is 0.251 e. The Balaban J connectivity index is 1.81. The lowest BCUT2D eigenvalue weighted by molar-refractivity contribution is -0.169. The van der Waals surface area contributed by atoms with Crippen molar-refractivity contribution in [2.75, 3.05) is 19.1 Å². The van der Waals surface area contributed by atoms with Crippen LogP contribution in [0.4, 0.5) is 0 Å². The Morgan fingerprint density at radius 1 is 1.29 bits per heavy atom. The minimum atomic E-state index is -0.778. The van der Waals surface area contributed by atoms with Crippen LogP contribution in [0.15, 0.2) is 12.2 Å². The molecule has 138 valence electrons. The average Bonchev–Trinajstić information content (AvgIpc) is 3.07. The SMILES string of the molecule is CN(O)C(=O)C(C)(C)CC/C=C\C[C@H]1[C@@H](CS(C)=O)[C@H]2CC[C@@H]1O2. The van der Waals surface area contributed by atoms with E-state index in [1.54, 1.807) is 6.26 Å². The van der Waals surface area contributed by atoms with Gasteiger partial charge in [0.2, 0.25) is 0 Å². The molecule has 1 amide bonds. The van der Waals surface area contributed by atoms with Crippen LogP contribution in [0.3, 0.4) is 0 Å². The summed E-state index contributed by atoms with van der Waals surface area (Å²) in [5.74, 6) is 1.37. The van der Waals surface area contributed by atoms with E-state index in [1.165, 1.54) is 7.05 Å². The first-order valence-electron chi connectivity index (χ1n) is 8.80. The van der Waals surface area contributed by atoms with Crippen molar-refractivity contribution in [3.63, 3.8) is 0 Å². The van der Waals surface area contributed by atoms with Crippen molar-refractivity contribution >= 4 is 16.7 Å². The lowest BCUT2D eigenvalue weighted by Gasteiger charge is -2.26. The summed E-state index contributed by atoms with van der Waals surface area (Å²) in [7, 11) is 0.590. The first-order valence-corrected chi connectivity index (χ1v) is 10.5. The summed E-state index contributed by atoms with van der Waals surface area (Å²) in [5.41, 5.74) is -0.564. The Hall–Kier alpha value is -0.720. The van der Waals surface area contributed by atoms with E-state index < -0.39 is 16.2 Å². The van der Waals surface area contributed by atoms with Crippen molar-refractivity contribution in [2.45, 2.75) is 58.2 Å². The molecule has 2 aliphatic rings. The second-order valence-corrected chi connectivity index (χ2v) is 9.30. The van der Waals surface area contributed by atoms with Gasteiger partial charge in [0, 0.05) is 41.2 Å². The quantitative estimate of drug-likeness (QED) is 0.412. The Kier molecular flexibility index (Phi) is 6.62. The maximum absolute atomic E-state index is 11.9. The van der Waals surface area contributed by atoms with Crippen molar-refractivity contribution in [3.8, 4) is 0 Å². The van der Waals surface area contributed by atoms with Gasteiger partial charge in [0.25, 0.3) is 5.91 Å². The second-order valence-electron chi connectivity index (χ2n) is 7.82. The van der Waals surface area contributed by atoms with E-state index in [0.29, 0.717) is 35.5 Å². The van der Waals surface area contributed by atoms with Gasteiger partial charge in [-0.3, -0.25) is 14.2 Å². The molecular weight excluding hydrogens is 326 g/mol. The predicted molar refractivity (Wildman–Crippen MR) is 95.1 cm³/mol. The van der Waals surface area contributed by atoms with Crippen LogP contribution in [0, 0.1) is 17.3 Å². The van der Waals surface area contributed by atoms with Gasteiger partial charge in [0.1, 0.15) is 0 Å². The molecule has 1 N–H and O–H groups in total. The zero-order chi connectivity index (χ0) is 17.9. The van der Waals surface area contributed by atoms with Gasteiger partial charge >= 0.3 is 0 Å². The fourth-order valence-corrected chi connectivity index (χ4v) is 5.06. The highest BCUT2D eigenvalue weighted by molar-refractivity contribution is 7.84. The summed E-state index contributed by atoms with van der Waals surface area (Å²) in [6.45, 7) is 3.71. The van der Waals surface area contributed by atoms with Crippen LogP contribution < -0.4 is 0 Å². The summed E-state index contributed by atoms with van der Waals surface area (Å²) in [6, 6.07) is 0. The Morgan fingerprint density at radius 3 is 2.50 bits per heavy atom. The van der Waals surface area contributed by atoms with Crippen molar-refractivity contribution in [3.05, 3.63) is 12.2 Å². The van der Waals surface area contributed by atoms with Gasteiger partial charge in [0.15, 0.2) is 0 Å². The predicted octanol–water partition coefficient (Wildman–Crippen LogP) is 2.76. The van der Waals surface area contributed by atoms with Crippen LogP contribution in [-0.2, 0) is 20.3 Å². The van der Waals surface area contributed by atoms with Crippen LogP contribution in [0.1, 0.15) is 46.0 Å². The monoisotopic (exact) mass is 357 g/mol. The third-order valence-corrected chi connectivity index (χ3v) is 6.26. The zero-order valence-corrected chi connectivity index (χ0v) is 16.1. The number of fused-ring (bicyclic) bond motifs is 2. The van der Waals surface area contributed by atoms with Gasteiger partial charge < -0.3 is 4.74 Å². The molecule has 0 saturated carbocycles. The molecule has 0 aliphatic carbocycles. The van der Waals surface area contributed by atoms with Crippen LogP contribution in [-0.4, -0.2) is 51.7 Å². The maximum atomic E-state index is 11.9. The number of hydrogen-bond donors (Lipinski definition) is 1. The molecule has 1 unspecified atom stereocenters. The van der Waals surface area contributed by atoms with E-state index in [0.717, 1.165) is 31.4 Å². The summed E-state index contributed by atoms with van der Waals surface area (Å²) in [6.07, 6.45) is 11.4. The number of rotatable bonds is 8. The minimum absolute atomic E-state index is 0.261. The molecule has 5 nitrogen and oxygen atoms in total. The fraction of sp³-hybridized carbons (Fsp3) is 0.833. The van der Waals surface area contributed by atoms with Crippen molar-refractivity contribution < 1.29 is 18.9 Å². The molecular formula is C18H31NO4S. The molecule has 2 fully saturated rings. The number of nitrogens with zero attached hydrogens (tertiary/aromatic N) is 1. The van der Waals surface area contributed by atoms with Crippen LogP contribution in [0.2, 0.25) is 0 Å². The number of amides is 1. The third-order valence-electron chi connectivity index (χ3n) is 5.40. The number of hydrogen-bond acceptors (Lipinski definition) is 4. The highest BCUT2D eigenvalue weighted by Gasteiger charge is 2.48. The van der Waals surface area contributed by atoms with E-state index in [-0.39, 0.29) is 5.91 Å². The molecule has 2 rings (SSSR count). The first-order chi connectivity index (χ1) is 11.2. The highest BCUT2D eigenvalue weighted by atomic mass is 32.2. The molecule has 24 heavy (non-hydrogen) atoms. The molecule has 0 aromatic carbocycles. The van der Waals surface area contributed by atoms with Gasteiger partial charge in [-0.25, -0.2) is 5.06 Å². The lowest BCUT2D eigenvalue weighted by atomic mass is 9.78. The number of ether oxygens (including phenoxy) is 1. The molecule has 6 heteroatoms. The standard InChI is InChI=1S/C18H31NO4S/c1-18(2,17(20)19(3)21)11-7-5-6-8-13-14(12-24(4)22)16-10-9-15(13)23-16/h5-6,13-16,21H,7-12H2,1-4H3/b6-5-/t13-,14+,15-,16+,24?/m0/s1. The van der Waals surface area contributed by atoms with E-state index in [4.69, 9.17) is 4.74 Å². The van der Waals surface area contributed by atoms with Gasteiger partial charge in [-0.15, -0.1) is 0 Å². The third kappa shape index (κ3) is 4.67. The molecule has 2 bridgehead atoms. The van der Waals surface area contributed by atoms with Crippen molar-refractivity contribution in [1.29, 1.82) is 0 Å². The summed E-state index contributed by atoms with van der Waals surface area (Å²) in [4.78, 5) is 11.9. The van der Waals surface area contributed by atoms with Gasteiger partial charge in [-0.2, -0.15) is 0 Å². The largest absolute Gasteiger partial charge is 0.374 e. The first kappa shape index (κ1) is 19.6. The topological polar surface area (TPSA) is 66.8 Å². The van der Waals surface area contributed by atoms with E-state index >= 15 is 0 Å². The van der Waals surface area contributed by atoms with Crippen LogP contribution >= 0.6 is 0 Å². The molecule has 0 aromatic heterocycles. The van der Waals surface area contributed by atoms with Crippen molar-refractivity contribution in [2.24, 2.45) is 17.3 Å². The fourth-order valence-electron chi connectivity index (χ4n) is 4.06. The molecule has 2 heterocycles. The summed E-state index contributed by atoms with van der Waals surface area (Å²) in [5, 5.41) is 9.96. The van der Waals surface area contributed by atoms with Crippen LogP contribution in [0.25, 0.3) is 0 Å². The minimum Gasteiger partial charge on any atom is -0.374 e. The molecule has 2 saturated heterocycles. The number of carbonyl (C=O) groups is 1. The van der Waals surface area contributed by atoms with E-state index in [9.17, 15) is 14.2 Å². The lowest BCUT2D eigenvalue weighted by Crippen LogP contribution is -2.36. The highest BCUT2D eigenvalue weighted by Crippen LogP contribution is 2.45. The number of carbonyl (C=O) groups excluding carboxylic acids is 1. The van der Waals surface area contributed by atoms with E-state index in [2.05, 4.69) is 12.2 Å². The molecule has 0 spiro atoms. The van der Waals surface area contributed by atoms with Gasteiger partial charge in [0.05, 0.1) is 12.2 Å². The molecule has 5 atom stereocenters. The molecule has 2 aliphatic heterocycles. The second kappa shape index (κ2) is 8.11. The molecule has 0 aromatic rings. The van der Waals surface area contributed by atoms with Crippen LogP contribution in [0.5, 0.6) is 0 Å². The Labute approximate surface area is 147 Å². The normalized spacial score (nSPS) is 30.9. The van der Waals surface area contributed by atoms with Gasteiger partial charge in [-0.05, 0) is 38.0 Å². The number of allylic oxidation sites excluding steroid dienone is 2. The average molecular weight is 358 g/mol. The number of hydroxylamine groups is 2. The smallest absolute Gasteiger partial charge is 0.251 e. The van der Waals surface area contributed by atoms with Crippen molar-refractivity contribution in [1.82, 2.24) is 5.06 Å². The van der Waals surface area contributed by atoms with Gasteiger partial charge in [-0.1, -0.05) is 26.0 Å². The Bertz CT molecular complexity index is 503. The van der Waals surface area contributed by atoms with E-state index in [1.807, 2.05) is 13.8 Å². The zero-order valence-electron chi connectivity index (χ0n) is 15.2. The summed E-state index contributed by atoms with van der Waals surface area (Å²) >= 11 is 0.